The fraction of sp³-hybridized carbons (Fsp3) is 0.458. The van der Waals surface area contributed by atoms with Crippen molar-refractivity contribution in [1.29, 1.82) is 0 Å². The van der Waals surface area contributed by atoms with E-state index < -0.39 is 15.7 Å². The highest BCUT2D eigenvalue weighted by Crippen LogP contribution is 2.47. The lowest BCUT2D eigenvalue weighted by Gasteiger charge is -2.43. The summed E-state index contributed by atoms with van der Waals surface area (Å²) in [7, 11) is -3.80. The van der Waals surface area contributed by atoms with E-state index in [4.69, 9.17) is 0 Å². The highest BCUT2D eigenvalue weighted by atomic mass is 32.2. The van der Waals surface area contributed by atoms with Crippen molar-refractivity contribution < 1.29 is 13.2 Å². The van der Waals surface area contributed by atoms with Gasteiger partial charge in [-0.15, -0.1) is 0 Å². The zero-order valence-corrected chi connectivity index (χ0v) is 20.2. The minimum atomic E-state index is -3.80. The van der Waals surface area contributed by atoms with Gasteiger partial charge in [-0.2, -0.15) is 17.0 Å². The summed E-state index contributed by atoms with van der Waals surface area (Å²) < 4.78 is 30.8. The summed E-state index contributed by atoms with van der Waals surface area (Å²) in [4.78, 5) is 26.4. The second-order valence-corrected chi connectivity index (χ2v) is 11.0. The Labute approximate surface area is 200 Å². The molecule has 0 unspecified atom stereocenters. The van der Waals surface area contributed by atoms with Crippen LogP contribution in [-0.4, -0.2) is 76.0 Å². The van der Waals surface area contributed by atoms with E-state index in [0.29, 0.717) is 32.5 Å². The number of benzene rings is 1. The number of hydrogen-bond donors (Lipinski definition) is 1. The standard InChI is InChI=1S/C24H30N6O3S/c1-2-20(31)16-29(13-9-19-6-4-3-5-7-19)34(32,33)30-15-14-28(17-24(30)10-11-24)23-21-8-12-25-22(21)26-18-27-23/h3-8,12,18H,2,9-11,13-17H2,1H3,(H,25,26,27). The first-order chi connectivity index (χ1) is 16.4. The van der Waals surface area contributed by atoms with Gasteiger partial charge in [0.25, 0.3) is 10.2 Å². The molecule has 0 radical (unpaired) electrons. The number of anilines is 1. The molecule has 0 amide bonds. The minimum absolute atomic E-state index is 0.0732. The van der Waals surface area contributed by atoms with Gasteiger partial charge in [-0.1, -0.05) is 37.3 Å². The summed E-state index contributed by atoms with van der Waals surface area (Å²) >= 11 is 0. The zero-order chi connectivity index (χ0) is 23.8. The molecular formula is C24H30N6O3S. The Balaban J connectivity index is 1.37. The van der Waals surface area contributed by atoms with Crippen LogP contribution >= 0.6 is 0 Å². The average molecular weight is 483 g/mol. The van der Waals surface area contributed by atoms with Crippen LogP contribution < -0.4 is 4.90 Å². The van der Waals surface area contributed by atoms with Crippen molar-refractivity contribution in [3.8, 4) is 0 Å². The molecule has 1 N–H and O–H groups in total. The molecule has 2 aliphatic rings. The Morgan fingerprint density at radius 3 is 2.68 bits per heavy atom. The molecule has 3 aromatic rings. The largest absolute Gasteiger partial charge is 0.353 e. The van der Waals surface area contributed by atoms with Crippen molar-refractivity contribution >= 4 is 32.8 Å². The van der Waals surface area contributed by atoms with Gasteiger partial charge in [-0.25, -0.2) is 9.97 Å². The van der Waals surface area contributed by atoms with E-state index in [1.54, 1.807) is 17.6 Å². The lowest BCUT2D eigenvalue weighted by Crippen LogP contribution is -2.60. The first-order valence-corrected chi connectivity index (χ1v) is 13.2. The van der Waals surface area contributed by atoms with E-state index in [0.717, 1.165) is 35.3 Å². The normalized spacial score (nSPS) is 18.1. The molecule has 10 heteroatoms. The predicted molar refractivity (Wildman–Crippen MR) is 131 cm³/mol. The molecule has 1 spiro atoms. The zero-order valence-electron chi connectivity index (χ0n) is 19.4. The maximum Gasteiger partial charge on any atom is 0.283 e. The molecule has 2 aromatic heterocycles. The summed E-state index contributed by atoms with van der Waals surface area (Å²) in [6.45, 7) is 3.45. The number of aromatic amines is 1. The second kappa shape index (κ2) is 9.09. The van der Waals surface area contributed by atoms with Crippen LogP contribution in [0.5, 0.6) is 0 Å². The number of H-pyrrole nitrogens is 1. The van der Waals surface area contributed by atoms with Crippen LogP contribution in [0.25, 0.3) is 11.0 Å². The number of nitrogens with zero attached hydrogens (tertiary/aromatic N) is 5. The number of rotatable bonds is 9. The lowest BCUT2D eigenvalue weighted by atomic mass is 10.1. The topological polar surface area (TPSA) is 102 Å². The van der Waals surface area contributed by atoms with Gasteiger partial charge in [-0.3, -0.25) is 4.79 Å². The van der Waals surface area contributed by atoms with E-state index >= 15 is 0 Å². The van der Waals surface area contributed by atoms with Crippen LogP contribution in [0.1, 0.15) is 31.7 Å². The molecule has 5 rings (SSSR count). The molecule has 0 bridgehead atoms. The molecular weight excluding hydrogens is 452 g/mol. The van der Waals surface area contributed by atoms with Crippen LogP contribution in [-0.2, 0) is 21.4 Å². The molecule has 2 fully saturated rings. The molecule has 180 valence electrons. The average Bonchev–Trinajstić information content (AvgIpc) is 3.42. The monoisotopic (exact) mass is 482 g/mol. The number of Topliss-reactive ketones (excluding diaryl/α,β-unsaturated/α-hetero) is 1. The van der Waals surface area contributed by atoms with E-state index in [1.807, 2.05) is 42.6 Å². The number of hydrogen-bond acceptors (Lipinski definition) is 6. The molecule has 1 aromatic carbocycles. The van der Waals surface area contributed by atoms with Crippen molar-refractivity contribution in [2.24, 2.45) is 0 Å². The SMILES string of the molecule is CCC(=O)CN(CCc1ccccc1)S(=O)(=O)N1CCN(c2ncnc3[nH]ccc23)CC12CC2. The van der Waals surface area contributed by atoms with Crippen LogP contribution in [0.3, 0.4) is 0 Å². The Morgan fingerprint density at radius 2 is 1.94 bits per heavy atom. The van der Waals surface area contributed by atoms with Gasteiger partial charge in [0.2, 0.25) is 0 Å². The Kier molecular flexibility index (Phi) is 6.13. The van der Waals surface area contributed by atoms with Gasteiger partial charge in [0.1, 0.15) is 23.6 Å². The van der Waals surface area contributed by atoms with E-state index in [2.05, 4.69) is 19.9 Å². The number of aromatic nitrogens is 3. The molecule has 9 nitrogen and oxygen atoms in total. The number of nitrogens with one attached hydrogen (secondary N) is 1. The molecule has 1 aliphatic heterocycles. The summed E-state index contributed by atoms with van der Waals surface area (Å²) in [6, 6.07) is 11.7. The number of fused-ring (bicyclic) bond motifs is 1. The van der Waals surface area contributed by atoms with E-state index in [1.165, 1.54) is 4.31 Å². The summed E-state index contributed by atoms with van der Waals surface area (Å²) in [5.41, 5.74) is 1.37. The molecule has 1 saturated carbocycles. The Bertz CT molecular complexity index is 1270. The molecule has 34 heavy (non-hydrogen) atoms. The second-order valence-electron chi connectivity index (χ2n) is 9.12. The van der Waals surface area contributed by atoms with Crippen LogP contribution in [0.2, 0.25) is 0 Å². The first-order valence-electron chi connectivity index (χ1n) is 11.8. The van der Waals surface area contributed by atoms with Crippen molar-refractivity contribution in [1.82, 2.24) is 23.6 Å². The van der Waals surface area contributed by atoms with E-state index in [9.17, 15) is 13.2 Å². The maximum absolute atomic E-state index is 13.9. The summed E-state index contributed by atoms with van der Waals surface area (Å²) in [5, 5.41) is 0.938. The Morgan fingerprint density at radius 1 is 1.15 bits per heavy atom. The minimum Gasteiger partial charge on any atom is -0.353 e. The smallest absolute Gasteiger partial charge is 0.283 e. The van der Waals surface area contributed by atoms with Gasteiger partial charge in [0.05, 0.1) is 17.5 Å². The maximum atomic E-state index is 13.9. The third-order valence-electron chi connectivity index (χ3n) is 6.89. The van der Waals surface area contributed by atoms with Crippen molar-refractivity contribution in [3.05, 3.63) is 54.5 Å². The van der Waals surface area contributed by atoms with Crippen LogP contribution in [0.15, 0.2) is 48.9 Å². The Hall–Kier alpha value is -2.82. The van der Waals surface area contributed by atoms with Gasteiger partial charge < -0.3 is 9.88 Å². The number of carbonyl (C=O) groups is 1. The van der Waals surface area contributed by atoms with E-state index in [-0.39, 0.29) is 18.9 Å². The van der Waals surface area contributed by atoms with Crippen molar-refractivity contribution in [3.63, 3.8) is 0 Å². The summed E-state index contributed by atoms with van der Waals surface area (Å²) in [5.74, 6) is 0.757. The molecule has 3 heterocycles. The van der Waals surface area contributed by atoms with Gasteiger partial charge in [0.15, 0.2) is 0 Å². The van der Waals surface area contributed by atoms with Crippen LogP contribution in [0.4, 0.5) is 5.82 Å². The number of carbonyl (C=O) groups excluding carboxylic acids is 1. The summed E-state index contributed by atoms with van der Waals surface area (Å²) in [6.07, 6.45) is 5.87. The molecule has 0 atom stereocenters. The highest BCUT2D eigenvalue weighted by molar-refractivity contribution is 7.86. The lowest BCUT2D eigenvalue weighted by molar-refractivity contribution is -0.119. The highest BCUT2D eigenvalue weighted by Gasteiger charge is 2.57. The molecule has 1 saturated heterocycles. The third-order valence-corrected chi connectivity index (χ3v) is 8.98. The van der Waals surface area contributed by atoms with Crippen molar-refractivity contribution in [2.45, 2.75) is 38.1 Å². The quantitative estimate of drug-likeness (QED) is 0.502. The third kappa shape index (κ3) is 4.33. The van der Waals surface area contributed by atoms with Crippen LogP contribution in [0, 0.1) is 0 Å². The fourth-order valence-corrected chi connectivity index (χ4v) is 6.74. The number of ketones is 1. The number of piperazine rings is 1. The fourth-order valence-electron chi connectivity index (χ4n) is 4.79. The van der Waals surface area contributed by atoms with Gasteiger partial charge in [-0.05, 0) is 30.9 Å². The molecule has 1 aliphatic carbocycles. The van der Waals surface area contributed by atoms with Gasteiger partial charge in [0, 0.05) is 38.8 Å². The van der Waals surface area contributed by atoms with Crippen molar-refractivity contribution in [2.75, 3.05) is 37.6 Å². The predicted octanol–water partition coefficient (Wildman–Crippen LogP) is 2.38. The van der Waals surface area contributed by atoms with Gasteiger partial charge >= 0.3 is 0 Å². The first kappa shape index (κ1) is 22.9.